The topological polar surface area (TPSA) is 88.5 Å². The van der Waals surface area contributed by atoms with Gasteiger partial charge in [0.05, 0.1) is 29.3 Å². The van der Waals surface area contributed by atoms with E-state index >= 15 is 0 Å². The number of esters is 1. The number of aromatic nitrogens is 1. The van der Waals surface area contributed by atoms with Crippen molar-refractivity contribution in [3.05, 3.63) is 76.6 Å². The summed E-state index contributed by atoms with van der Waals surface area (Å²) >= 11 is 6.10. The largest absolute Gasteiger partial charge is 0.465 e. The smallest absolute Gasteiger partial charge is 0.337 e. The third-order valence-corrected chi connectivity index (χ3v) is 6.03. The summed E-state index contributed by atoms with van der Waals surface area (Å²) in [5.74, 6) is -4.85. The van der Waals surface area contributed by atoms with Gasteiger partial charge in [-0.1, -0.05) is 43.2 Å². The highest BCUT2D eigenvalue weighted by molar-refractivity contribution is 6.34. The average Bonchev–Trinajstić information content (AvgIpc) is 3.24. The number of aliphatic hydroxyl groups is 1. The molecule has 0 aliphatic heterocycles. The van der Waals surface area contributed by atoms with Gasteiger partial charge in [0.15, 0.2) is 0 Å². The highest BCUT2D eigenvalue weighted by atomic mass is 35.5. The second kappa shape index (κ2) is 9.34. The molecule has 1 heterocycles. The maximum absolute atomic E-state index is 14.1. The highest BCUT2D eigenvalue weighted by Gasteiger charge is 2.42. The molecule has 2 aromatic rings. The van der Waals surface area contributed by atoms with Gasteiger partial charge in [0.1, 0.15) is 5.69 Å². The lowest BCUT2D eigenvalue weighted by molar-refractivity contribution is 0.00707. The molecule has 9 heteroatoms. The maximum Gasteiger partial charge on any atom is 0.337 e. The molecule has 1 aromatic carbocycles. The zero-order valence-electron chi connectivity index (χ0n) is 17.4. The molecular weight excluding hydrogens is 442 g/mol. The lowest BCUT2D eigenvalue weighted by Gasteiger charge is -2.34. The summed E-state index contributed by atoms with van der Waals surface area (Å²) in [6.45, 7) is 3.10. The number of rotatable bonds is 7. The van der Waals surface area contributed by atoms with E-state index in [1.807, 2.05) is 0 Å². The van der Waals surface area contributed by atoms with E-state index in [4.69, 9.17) is 16.3 Å². The maximum atomic E-state index is 14.1. The molecule has 1 saturated carbocycles. The van der Waals surface area contributed by atoms with Gasteiger partial charge in [-0.3, -0.25) is 4.79 Å². The van der Waals surface area contributed by atoms with Crippen LogP contribution in [0.4, 0.5) is 8.78 Å². The molecule has 0 saturated heterocycles. The van der Waals surface area contributed by atoms with Crippen LogP contribution in [0.15, 0.2) is 49.2 Å². The molecule has 6 nitrogen and oxygen atoms in total. The Morgan fingerprint density at radius 3 is 2.66 bits per heavy atom. The van der Waals surface area contributed by atoms with Crippen LogP contribution < -0.4 is 5.32 Å². The summed E-state index contributed by atoms with van der Waals surface area (Å²) in [4.78, 5) is 28.9. The number of pyridine rings is 1. The molecule has 3 rings (SSSR count). The van der Waals surface area contributed by atoms with Gasteiger partial charge in [-0.05, 0) is 42.7 Å². The zero-order valence-corrected chi connectivity index (χ0v) is 18.2. The van der Waals surface area contributed by atoms with Crippen molar-refractivity contribution in [3.8, 4) is 0 Å². The van der Waals surface area contributed by atoms with Crippen LogP contribution >= 0.6 is 11.6 Å². The standard InChI is InChI=1S/C23H23ClF2N2O4/c1-3-23(25,26)16-9-12-27-18(17(16)24)20(29)28-19(22(31)10-4-5-11-22)14-7-6-8-15(13-14)21(30)32-2/h3,6-9,12-13,19,31H,1,4-5,10-11H2,2H3,(H,28,29). The Morgan fingerprint density at radius 2 is 2.03 bits per heavy atom. The Hall–Kier alpha value is -2.84. The first-order valence-electron chi connectivity index (χ1n) is 10.0. The number of allylic oxidation sites excluding steroid dienone is 1. The molecule has 0 spiro atoms. The number of alkyl halides is 2. The molecule has 1 fully saturated rings. The SMILES string of the molecule is C=CC(F)(F)c1ccnc(C(=O)NC(c2cccc(C(=O)OC)c2)C2(O)CCCC2)c1Cl. The van der Waals surface area contributed by atoms with Crippen LogP contribution in [0.25, 0.3) is 0 Å². The van der Waals surface area contributed by atoms with Gasteiger partial charge < -0.3 is 15.2 Å². The molecule has 1 aliphatic rings. The van der Waals surface area contributed by atoms with Gasteiger partial charge in [-0.15, -0.1) is 0 Å². The van der Waals surface area contributed by atoms with Crippen LogP contribution in [0, 0.1) is 0 Å². The number of carbonyl (C=O) groups excluding carboxylic acids is 2. The van der Waals surface area contributed by atoms with E-state index in [1.54, 1.807) is 18.2 Å². The Kier molecular flexibility index (Phi) is 6.95. The van der Waals surface area contributed by atoms with E-state index in [1.165, 1.54) is 13.2 Å². The molecule has 170 valence electrons. The summed E-state index contributed by atoms with van der Waals surface area (Å²) in [6, 6.07) is 6.42. The van der Waals surface area contributed by atoms with Crippen LogP contribution in [0.1, 0.15) is 63.7 Å². The third kappa shape index (κ3) is 4.66. The van der Waals surface area contributed by atoms with Crippen LogP contribution in [-0.4, -0.2) is 34.7 Å². The predicted molar refractivity (Wildman–Crippen MR) is 115 cm³/mol. The quantitative estimate of drug-likeness (QED) is 0.462. The molecule has 0 radical (unpaired) electrons. The summed E-state index contributed by atoms with van der Waals surface area (Å²) < 4.78 is 33.0. The minimum absolute atomic E-state index is 0.245. The third-order valence-electron chi connectivity index (χ3n) is 5.64. The molecule has 32 heavy (non-hydrogen) atoms. The van der Waals surface area contributed by atoms with Gasteiger partial charge in [-0.2, -0.15) is 8.78 Å². The summed E-state index contributed by atoms with van der Waals surface area (Å²) in [5.41, 5.74) is -1.58. The Morgan fingerprint density at radius 1 is 1.34 bits per heavy atom. The average molecular weight is 465 g/mol. The van der Waals surface area contributed by atoms with Crippen molar-refractivity contribution in [3.63, 3.8) is 0 Å². The molecule has 1 aliphatic carbocycles. The van der Waals surface area contributed by atoms with Crippen LogP contribution in [0.2, 0.25) is 5.02 Å². The van der Waals surface area contributed by atoms with E-state index in [0.29, 0.717) is 24.5 Å². The molecule has 1 atom stereocenters. The van der Waals surface area contributed by atoms with Gasteiger partial charge in [0, 0.05) is 11.8 Å². The van der Waals surface area contributed by atoms with Crippen molar-refractivity contribution in [1.82, 2.24) is 10.3 Å². The molecule has 1 aromatic heterocycles. The number of carbonyl (C=O) groups is 2. The number of ether oxygens (including phenoxy) is 1. The lowest BCUT2D eigenvalue weighted by atomic mass is 9.86. The van der Waals surface area contributed by atoms with Gasteiger partial charge >= 0.3 is 5.97 Å². The van der Waals surface area contributed by atoms with Crippen molar-refractivity contribution >= 4 is 23.5 Å². The van der Waals surface area contributed by atoms with Crippen LogP contribution in [0.3, 0.4) is 0 Å². The monoisotopic (exact) mass is 464 g/mol. The summed E-state index contributed by atoms with van der Waals surface area (Å²) in [6.07, 6.45) is 3.81. The number of hydrogen-bond donors (Lipinski definition) is 2. The van der Waals surface area contributed by atoms with E-state index in [0.717, 1.165) is 25.1 Å². The molecule has 0 bridgehead atoms. The van der Waals surface area contributed by atoms with Crippen molar-refractivity contribution in [2.24, 2.45) is 0 Å². The zero-order chi connectivity index (χ0) is 23.5. The Labute approximate surface area is 189 Å². The van der Waals surface area contributed by atoms with Crippen LogP contribution in [0.5, 0.6) is 0 Å². The van der Waals surface area contributed by atoms with E-state index in [2.05, 4.69) is 16.9 Å². The summed E-state index contributed by atoms with van der Waals surface area (Å²) in [7, 11) is 1.25. The molecular formula is C23H23ClF2N2O4. The molecule has 1 unspecified atom stereocenters. The number of benzene rings is 1. The number of methoxy groups -OCH3 is 1. The number of halogens is 3. The first-order chi connectivity index (χ1) is 15.1. The first-order valence-corrected chi connectivity index (χ1v) is 10.4. The lowest BCUT2D eigenvalue weighted by Crippen LogP contribution is -2.44. The fourth-order valence-corrected chi connectivity index (χ4v) is 4.26. The van der Waals surface area contributed by atoms with E-state index in [-0.39, 0.29) is 5.56 Å². The van der Waals surface area contributed by atoms with Gasteiger partial charge in [0.2, 0.25) is 0 Å². The predicted octanol–water partition coefficient (Wildman–Crippen LogP) is 4.58. The second-order valence-corrected chi connectivity index (χ2v) is 8.06. The molecule has 1 amide bonds. The Bertz CT molecular complexity index is 1040. The van der Waals surface area contributed by atoms with Crippen molar-refractivity contribution in [2.45, 2.75) is 43.2 Å². The van der Waals surface area contributed by atoms with Crippen LogP contribution in [-0.2, 0) is 10.7 Å². The minimum Gasteiger partial charge on any atom is -0.465 e. The minimum atomic E-state index is -3.45. The van der Waals surface area contributed by atoms with Gasteiger partial charge in [-0.25, -0.2) is 9.78 Å². The van der Waals surface area contributed by atoms with E-state index < -0.39 is 45.7 Å². The normalized spacial score (nSPS) is 16.3. The number of amides is 1. The fourth-order valence-electron chi connectivity index (χ4n) is 3.94. The van der Waals surface area contributed by atoms with Crippen molar-refractivity contribution in [2.75, 3.05) is 7.11 Å². The van der Waals surface area contributed by atoms with Crippen molar-refractivity contribution in [1.29, 1.82) is 0 Å². The van der Waals surface area contributed by atoms with Gasteiger partial charge in [0.25, 0.3) is 11.8 Å². The number of nitrogens with zero attached hydrogens (tertiary/aromatic N) is 1. The van der Waals surface area contributed by atoms with E-state index in [9.17, 15) is 23.5 Å². The first kappa shape index (κ1) is 23.8. The molecule has 2 N–H and O–H groups in total. The number of hydrogen-bond acceptors (Lipinski definition) is 5. The number of nitrogens with one attached hydrogen (secondary N) is 1. The second-order valence-electron chi connectivity index (χ2n) is 7.68. The van der Waals surface area contributed by atoms with Crippen molar-refractivity contribution < 1.29 is 28.2 Å². The summed E-state index contributed by atoms with van der Waals surface area (Å²) in [5, 5.41) is 13.5. The Balaban J connectivity index is 2.00. The fraction of sp³-hybridized carbons (Fsp3) is 0.348. The highest BCUT2D eigenvalue weighted by Crippen LogP contribution is 2.41.